The molecule has 1 N–H and O–H groups in total. The molecule has 2 heterocycles. The lowest BCUT2D eigenvalue weighted by Gasteiger charge is -2.36. The van der Waals surface area contributed by atoms with Crippen LogP contribution in [0, 0.1) is 0 Å². The van der Waals surface area contributed by atoms with Crippen molar-refractivity contribution >= 4 is 34.6 Å². The molecule has 0 unspecified atom stereocenters. The van der Waals surface area contributed by atoms with Crippen LogP contribution in [-0.2, 0) is 17.8 Å². The van der Waals surface area contributed by atoms with Crippen molar-refractivity contribution in [2.24, 2.45) is 0 Å². The fraction of sp³-hybridized carbons (Fsp3) is 0.250. The summed E-state index contributed by atoms with van der Waals surface area (Å²) in [7, 11) is 0. The van der Waals surface area contributed by atoms with Crippen molar-refractivity contribution in [3.05, 3.63) is 76.5 Å². The zero-order chi connectivity index (χ0) is 24.1. The van der Waals surface area contributed by atoms with Crippen molar-refractivity contribution in [2.75, 3.05) is 23.3 Å². The molecule has 34 heavy (non-hydrogen) atoms. The summed E-state index contributed by atoms with van der Waals surface area (Å²) in [5, 5.41) is 4.77. The van der Waals surface area contributed by atoms with E-state index in [1.165, 1.54) is 29.5 Å². The van der Waals surface area contributed by atoms with Crippen molar-refractivity contribution in [3.8, 4) is 5.75 Å². The second kappa shape index (κ2) is 10.2. The summed E-state index contributed by atoms with van der Waals surface area (Å²) in [4.78, 5) is 29.6. The first-order valence-electron chi connectivity index (χ1n) is 10.6. The average Bonchev–Trinajstić information content (AvgIpc) is 3.27. The van der Waals surface area contributed by atoms with Crippen LogP contribution < -0.4 is 15.0 Å². The summed E-state index contributed by atoms with van der Waals surface area (Å²) in [5.41, 5.74) is 1.75. The highest BCUT2D eigenvalue weighted by Crippen LogP contribution is 2.27. The SMILES string of the molecule is O=C(Cc1cccs1)Nc1cccc(N2CCCN(Cc3cccc(OC(F)(F)F)c3)C2=O)c1. The number of hydrogen-bond acceptors (Lipinski definition) is 4. The molecule has 1 aromatic heterocycles. The minimum Gasteiger partial charge on any atom is -0.406 e. The summed E-state index contributed by atoms with van der Waals surface area (Å²) >= 11 is 1.51. The van der Waals surface area contributed by atoms with Gasteiger partial charge < -0.3 is 15.0 Å². The fourth-order valence-corrected chi connectivity index (χ4v) is 4.46. The zero-order valence-corrected chi connectivity index (χ0v) is 18.9. The largest absolute Gasteiger partial charge is 0.573 e. The summed E-state index contributed by atoms with van der Waals surface area (Å²) in [6.07, 6.45) is -3.81. The number of alkyl halides is 3. The van der Waals surface area contributed by atoms with Crippen molar-refractivity contribution < 1.29 is 27.5 Å². The first kappa shape index (κ1) is 23.6. The molecular formula is C24H22F3N3O3S. The van der Waals surface area contributed by atoms with E-state index in [1.54, 1.807) is 40.1 Å². The Morgan fingerprint density at radius 2 is 1.88 bits per heavy atom. The molecule has 10 heteroatoms. The maximum Gasteiger partial charge on any atom is 0.573 e. The van der Waals surface area contributed by atoms with E-state index in [9.17, 15) is 22.8 Å². The lowest BCUT2D eigenvalue weighted by Crippen LogP contribution is -2.49. The predicted molar refractivity (Wildman–Crippen MR) is 124 cm³/mol. The van der Waals surface area contributed by atoms with Gasteiger partial charge in [-0.1, -0.05) is 24.3 Å². The maximum absolute atomic E-state index is 13.1. The van der Waals surface area contributed by atoms with Crippen molar-refractivity contribution in [2.45, 2.75) is 25.7 Å². The van der Waals surface area contributed by atoms with E-state index < -0.39 is 6.36 Å². The van der Waals surface area contributed by atoms with E-state index in [0.717, 1.165) is 4.88 Å². The number of thiophene rings is 1. The normalized spacial score (nSPS) is 14.3. The molecule has 0 spiro atoms. The molecule has 0 atom stereocenters. The fourth-order valence-electron chi connectivity index (χ4n) is 3.76. The number of nitrogens with one attached hydrogen (secondary N) is 1. The third-order valence-electron chi connectivity index (χ3n) is 5.17. The third kappa shape index (κ3) is 6.28. The van der Waals surface area contributed by atoms with Gasteiger partial charge in [-0.25, -0.2) is 4.79 Å². The molecule has 1 saturated heterocycles. The molecular weight excluding hydrogens is 467 g/mol. The van der Waals surface area contributed by atoms with Gasteiger partial charge in [-0.15, -0.1) is 24.5 Å². The summed E-state index contributed by atoms with van der Waals surface area (Å²) < 4.78 is 41.5. The van der Waals surface area contributed by atoms with Crippen molar-refractivity contribution in [1.29, 1.82) is 0 Å². The van der Waals surface area contributed by atoms with Crippen LogP contribution in [0.15, 0.2) is 66.0 Å². The highest BCUT2D eigenvalue weighted by Gasteiger charge is 2.31. The second-order valence-electron chi connectivity index (χ2n) is 7.76. The Morgan fingerprint density at radius 3 is 2.65 bits per heavy atom. The lowest BCUT2D eigenvalue weighted by molar-refractivity contribution is -0.274. The molecule has 1 fully saturated rings. The number of carbonyl (C=O) groups is 2. The van der Waals surface area contributed by atoms with Gasteiger partial charge in [0.15, 0.2) is 0 Å². The van der Waals surface area contributed by atoms with Crippen LogP contribution in [0.5, 0.6) is 5.75 Å². The first-order chi connectivity index (χ1) is 16.3. The first-order valence-corrected chi connectivity index (χ1v) is 11.5. The minimum absolute atomic E-state index is 0.146. The van der Waals surface area contributed by atoms with E-state index in [-0.39, 0.29) is 30.7 Å². The van der Waals surface area contributed by atoms with Crippen LogP contribution in [0.2, 0.25) is 0 Å². The van der Waals surface area contributed by atoms with Crippen molar-refractivity contribution in [1.82, 2.24) is 4.90 Å². The molecule has 3 amide bonds. The van der Waals surface area contributed by atoms with Crippen LogP contribution in [0.1, 0.15) is 16.9 Å². The number of amides is 3. The molecule has 0 bridgehead atoms. The van der Waals surface area contributed by atoms with E-state index in [2.05, 4.69) is 10.1 Å². The van der Waals surface area contributed by atoms with Gasteiger partial charge in [0.05, 0.1) is 6.42 Å². The van der Waals surface area contributed by atoms with E-state index in [1.807, 2.05) is 17.5 Å². The summed E-state index contributed by atoms with van der Waals surface area (Å²) in [6, 6.07) is 16.2. The van der Waals surface area contributed by atoms with Gasteiger partial charge in [0.25, 0.3) is 0 Å². The van der Waals surface area contributed by atoms with E-state index in [4.69, 9.17) is 0 Å². The number of benzene rings is 2. The molecule has 0 radical (unpaired) electrons. The van der Waals surface area contributed by atoms with Gasteiger partial charge >= 0.3 is 12.4 Å². The smallest absolute Gasteiger partial charge is 0.406 e. The molecule has 178 valence electrons. The third-order valence-corrected chi connectivity index (χ3v) is 6.05. The van der Waals surface area contributed by atoms with Gasteiger partial charge in [0.1, 0.15) is 5.75 Å². The number of rotatable bonds is 7. The number of ether oxygens (including phenoxy) is 1. The molecule has 4 rings (SSSR count). The Hall–Kier alpha value is -3.53. The maximum atomic E-state index is 13.1. The topological polar surface area (TPSA) is 61.9 Å². The van der Waals surface area contributed by atoms with Crippen LogP contribution in [0.25, 0.3) is 0 Å². The van der Waals surface area contributed by atoms with Crippen LogP contribution in [0.4, 0.5) is 29.3 Å². The highest BCUT2D eigenvalue weighted by molar-refractivity contribution is 7.10. The molecule has 3 aromatic rings. The Kier molecular flexibility index (Phi) is 7.06. The lowest BCUT2D eigenvalue weighted by atomic mass is 10.1. The molecule has 0 saturated carbocycles. The number of anilines is 2. The van der Waals surface area contributed by atoms with Gasteiger partial charge in [-0.2, -0.15) is 0 Å². The van der Waals surface area contributed by atoms with Crippen molar-refractivity contribution in [3.63, 3.8) is 0 Å². The van der Waals surface area contributed by atoms with Gasteiger partial charge in [-0.3, -0.25) is 9.69 Å². The zero-order valence-electron chi connectivity index (χ0n) is 18.0. The number of halogens is 3. The average molecular weight is 490 g/mol. The quantitative estimate of drug-likeness (QED) is 0.466. The summed E-state index contributed by atoms with van der Waals surface area (Å²) in [5.74, 6) is -0.468. The molecule has 6 nitrogen and oxygen atoms in total. The molecule has 1 aliphatic heterocycles. The Labute approximate surface area is 198 Å². The van der Waals surface area contributed by atoms with E-state index >= 15 is 0 Å². The number of hydrogen-bond donors (Lipinski definition) is 1. The van der Waals surface area contributed by atoms with Gasteiger partial charge in [-0.05, 0) is 53.8 Å². The van der Waals surface area contributed by atoms with E-state index in [0.29, 0.717) is 36.4 Å². The van der Waals surface area contributed by atoms with Gasteiger partial charge in [0, 0.05) is 35.9 Å². The monoisotopic (exact) mass is 489 g/mol. The number of urea groups is 1. The summed E-state index contributed by atoms with van der Waals surface area (Å²) in [6.45, 7) is 1.14. The van der Waals surface area contributed by atoms with Crippen LogP contribution in [-0.4, -0.2) is 36.3 Å². The molecule has 1 aliphatic rings. The Balaban J connectivity index is 1.42. The standard InChI is InChI=1S/C24H22F3N3O3S/c25-24(26,27)33-20-8-1-5-17(13-20)16-29-10-4-11-30(23(29)32)19-7-2-6-18(14-19)28-22(31)15-21-9-3-12-34-21/h1-3,5-9,12-14H,4,10-11,15-16H2,(H,28,31). The predicted octanol–water partition coefficient (Wildman–Crippen LogP) is 5.66. The van der Waals surface area contributed by atoms with Crippen LogP contribution in [0.3, 0.4) is 0 Å². The highest BCUT2D eigenvalue weighted by atomic mass is 32.1. The van der Waals surface area contributed by atoms with Crippen LogP contribution >= 0.6 is 11.3 Å². The van der Waals surface area contributed by atoms with Gasteiger partial charge in [0.2, 0.25) is 5.91 Å². The molecule has 2 aromatic carbocycles. The second-order valence-corrected chi connectivity index (χ2v) is 8.79. The Bertz CT molecular complexity index is 1150. The molecule has 0 aliphatic carbocycles. The minimum atomic E-state index is -4.78. The Morgan fingerprint density at radius 1 is 1.06 bits per heavy atom. The number of nitrogens with zero attached hydrogens (tertiary/aromatic N) is 2. The number of carbonyl (C=O) groups excluding carboxylic acids is 2.